The molecule has 0 amide bonds. The second kappa shape index (κ2) is 13.9. The smallest absolute Gasteiger partial charge is 0.338 e. The molecule has 6 aliphatic rings. The molecular formula is C43H64O11. The molecule has 1 aromatic carbocycles. The van der Waals surface area contributed by atoms with Gasteiger partial charge in [0, 0.05) is 10.8 Å². The molecule has 1 saturated heterocycles. The molecule has 11 nitrogen and oxygen atoms in total. The van der Waals surface area contributed by atoms with Crippen LogP contribution in [-0.4, -0.2) is 111 Å². The van der Waals surface area contributed by atoms with E-state index in [-0.39, 0.29) is 41.8 Å². The number of allylic oxidation sites excluding steroid dienone is 2. The zero-order valence-corrected chi connectivity index (χ0v) is 32.9. The van der Waals surface area contributed by atoms with Crippen molar-refractivity contribution in [2.24, 2.45) is 50.2 Å². The van der Waals surface area contributed by atoms with E-state index < -0.39 is 83.3 Å². The number of aliphatic hydroxyl groups excluding tert-OH is 7. The van der Waals surface area contributed by atoms with E-state index in [1.165, 1.54) is 5.57 Å². The van der Waals surface area contributed by atoms with Gasteiger partial charge in [0.15, 0.2) is 6.29 Å². The summed E-state index contributed by atoms with van der Waals surface area (Å²) in [5.41, 5.74) is -1.05. The number of hydrogen-bond acceptors (Lipinski definition) is 11. The van der Waals surface area contributed by atoms with E-state index in [0.717, 1.165) is 25.7 Å². The lowest BCUT2D eigenvalue weighted by molar-refractivity contribution is -0.333. The molecule has 11 heteroatoms. The molecule has 0 radical (unpaired) electrons. The SMILES string of the molecule is CC1(C)C[C@H]2C3=CC[C@@H]4[C@@]5(C)CC[C@H](O[C@H]6O[C@H](CO)[C@H](O)[C@H](O)[C@@H]6O)[C@@](C)(CO)[C@@H]5CC[C@@]4(C)[C@]3(C)C[C@H](OC(=O)c3ccccc3)[C@]2(CO)C[C@@H]1O. The van der Waals surface area contributed by atoms with Crippen LogP contribution in [0.25, 0.3) is 0 Å². The Labute approximate surface area is 319 Å². The van der Waals surface area contributed by atoms with Crippen LogP contribution < -0.4 is 0 Å². The average Bonchev–Trinajstić information content (AvgIpc) is 3.14. The molecule has 5 aliphatic carbocycles. The Hall–Kier alpha value is -1.93. The number of carbonyl (C=O) groups is 1. The summed E-state index contributed by atoms with van der Waals surface area (Å²) in [5.74, 6) is -0.286. The summed E-state index contributed by atoms with van der Waals surface area (Å²) in [7, 11) is 0. The van der Waals surface area contributed by atoms with Gasteiger partial charge in [-0.05, 0) is 103 Å². The van der Waals surface area contributed by atoms with E-state index in [4.69, 9.17) is 14.2 Å². The van der Waals surface area contributed by atoms with Crippen molar-refractivity contribution in [3.05, 3.63) is 47.5 Å². The highest BCUT2D eigenvalue weighted by Crippen LogP contribution is 2.76. The highest BCUT2D eigenvalue weighted by molar-refractivity contribution is 5.89. The van der Waals surface area contributed by atoms with E-state index >= 15 is 0 Å². The standard InChI is InChI=1S/C43H64O11/c1-38(2)18-26-25-12-13-29-39(3)16-15-31(54-37-35(50)34(49)33(48)27(21-44)52-37)40(4,22-45)28(39)14-17-41(29,5)42(25,6)20-32(43(26,23-46)19-30(38)47)53-36(51)24-10-8-7-9-11-24/h7-12,26-35,37,44-50H,13-23H2,1-6H3/t26-,27+,28+,29+,30-,31-,32-,33-,34-,35-,37+,39-,40-,41+,42+,43-/m0/s1. The topological polar surface area (TPSA) is 186 Å². The Morgan fingerprint density at radius 1 is 0.815 bits per heavy atom. The van der Waals surface area contributed by atoms with Crippen molar-refractivity contribution < 1.29 is 54.8 Å². The number of carbonyl (C=O) groups excluding carboxylic acids is 1. The fourth-order valence-electron chi connectivity index (χ4n) is 13.2. The number of rotatable bonds is 7. The lowest BCUT2D eigenvalue weighted by Gasteiger charge is -2.72. The minimum atomic E-state index is -1.55. The second-order valence-corrected chi connectivity index (χ2v) is 19.6. The van der Waals surface area contributed by atoms with Crippen LogP contribution in [-0.2, 0) is 14.2 Å². The molecule has 0 aromatic heterocycles. The minimum absolute atomic E-state index is 0.0332. The summed E-state index contributed by atoms with van der Waals surface area (Å²) in [6.07, 6.45) is -0.979. The third-order valence-corrected chi connectivity index (χ3v) is 16.8. The molecule has 54 heavy (non-hydrogen) atoms. The van der Waals surface area contributed by atoms with Gasteiger partial charge in [-0.3, -0.25) is 0 Å². The lowest BCUT2D eigenvalue weighted by atomic mass is 9.33. The van der Waals surface area contributed by atoms with Crippen LogP contribution in [0.2, 0.25) is 0 Å². The van der Waals surface area contributed by atoms with Crippen LogP contribution in [0.3, 0.4) is 0 Å². The first-order valence-electron chi connectivity index (χ1n) is 20.2. The Morgan fingerprint density at radius 2 is 1.52 bits per heavy atom. The van der Waals surface area contributed by atoms with Crippen LogP contribution in [0, 0.1) is 50.2 Å². The van der Waals surface area contributed by atoms with Crippen molar-refractivity contribution >= 4 is 5.97 Å². The summed E-state index contributed by atoms with van der Waals surface area (Å²) in [6, 6.07) is 8.97. The molecule has 1 aliphatic heterocycles. The number of benzene rings is 1. The molecule has 0 spiro atoms. The van der Waals surface area contributed by atoms with Crippen molar-refractivity contribution in [3.8, 4) is 0 Å². The van der Waals surface area contributed by atoms with E-state index in [1.54, 1.807) is 12.1 Å². The first-order chi connectivity index (χ1) is 25.4. The highest BCUT2D eigenvalue weighted by atomic mass is 16.7. The zero-order chi connectivity index (χ0) is 39.2. The van der Waals surface area contributed by atoms with Gasteiger partial charge in [0.25, 0.3) is 0 Å². The van der Waals surface area contributed by atoms with Crippen molar-refractivity contribution in [2.75, 3.05) is 19.8 Å². The van der Waals surface area contributed by atoms with Crippen molar-refractivity contribution in [1.82, 2.24) is 0 Å². The fraction of sp³-hybridized carbons (Fsp3) is 0.791. The molecular weight excluding hydrogens is 692 g/mol. The van der Waals surface area contributed by atoms with E-state index in [1.807, 2.05) is 25.1 Å². The monoisotopic (exact) mass is 756 g/mol. The summed E-state index contributed by atoms with van der Waals surface area (Å²) in [6.45, 7) is 12.4. The second-order valence-electron chi connectivity index (χ2n) is 19.6. The van der Waals surface area contributed by atoms with Gasteiger partial charge in [-0.2, -0.15) is 0 Å². The maximum Gasteiger partial charge on any atom is 0.338 e. The lowest BCUT2D eigenvalue weighted by Crippen LogP contribution is -2.69. The number of ether oxygens (including phenoxy) is 3. The van der Waals surface area contributed by atoms with Gasteiger partial charge < -0.3 is 50.0 Å². The highest BCUT2D eigenvalue weighted by Gasteiger charge is 2.71. The van der Waals surface area contributed by atoms with Crippen LogP contribution in [0.5, 0.6) is 0 Å². The van der Waals surface area contributed by atoms with Crippen molar-refractivity contribution in [1.29, 1.82) is 0 Å². The predicted molar refractivity (Wildman–Crippen MR) is 199 cm³/mol. The van der Waals surface area contributed by atoms with Gasteiger partial charge in [0.1, 0.15) is 30.5 Å². The first-order valence-corrected chi connectivity index (χ1v) is 20.2. The van der Waals surface area contributed by atoms with Gasteiger partial charge in [-0.1, -0.05) is 71.4 Å². The summed E-state index contributed by atoms with van der Waals surface area (Å²) >= 11 is 0. The molecule has 0 bridgehead atoms. The molecule has 7 N–H and O–H groups in total. The number of aliphatic hydroxyl groups is 7. The van der Waals surface area contributed by atoms with E-state index in [2.05, 4.69) is 40.7 Å². The van der Waals surface area contributed by atoms with Gasteiger partial charge in [0.2, 0.25) is 0 Å². The molecule has 0 unspecified atom stereocenters. The molecule has 16 atom stereocenters. The van der Waals surface area contributed by atoms with Gasteiger partial charge in [-0.15, -0.1) is 0 Å². The van der Waals surface area contributed by atoms with Gasteiger partial charge in [-0.25, -0.2) is 4.79 Å². The molecule has 7 rings (SSSR count). The predicted octanol–water partition coefficient (Wildman–Crippen LogP) is 3.74. The van der Waals surface area contributed by atoms with Gasteiger partial charge in [0.05, 0.1) is 37.6 Å². The van der Waals surface area contributed by atoms with Gasteiger partial charge >= 0.3 is 5.97 Å². The third-order valence-electron chi connectivity index (χ3n) is 16.8. The number of hydrogen-bond donors (Lipinski definition) is 7. The molecule has 5 fully saturated rings. The molecule has 4 saturated carbocycles. The third kappa shape index (κ3) is 5.73. The van der Waals surface area contributed by atoms with E-state index in [0.29, 0.717) is 31.2 Å². The zero-order valence-electron chi connectivity index (χ0n) is 32.9. The van der Waals surface area contributed by atoms with Crippen molar-refractivity contribution in [2.45, 2.75) is 142 Å². The van der Waals surface area contributed by atoms with Crippen LogP contribution in [0.15, 0.2) is 42.0 Å². The quantitative estimate of drug-likeness (QED) is 0.122. The van der Waals surface area contributed by atoms with Crippen LogP contribution >= 0.6 is 0 Å². The van der Waals surface area contributed by atoms with Crippen molar-refractivity contribution in [3.63, 3.8) is 0 Å². The molecule has 1 aromatic rings. The Kier molecular flexibility index (Phi) is 10.3. The summed E-state index contributed by atoms with van der Waals surface area (Å²) < 4.78 is 18.7. The van der Waals surface area contributed by atoms with E-state index in [9.17, 15) is 40.5 Å². The van der Waals surface area contributed by atoms with Crippen LogP contribution in [0.4, 0.5) is 0 Å². The fourth-order valence-corrected chi connectivity index (χ4v) is 13.2. The minimum Gasteiger partial charge on any atom is -0.458 e. The first kappa shape index (κ1) is 40.3. The summed E-state index contributed by atoms with van der Waals surface area (Å²) in [5, 5.41) is 75.5. The molecule has 1 heterocycles. The largest absolute Gasteiger partial charge is 0.458 e. The van der Waals surface area contributed by atoms with Crippen LogP contribution in [0.1, 0.15) is 103 Å². The Bertz CT molecular complexity index is 1580. The number of esters is 1. The Balaban J connectivity index is 1.24. The Morgan fingerprint density at radius 3 is 2.17 bits per heavy atom. The molecule has 302 valence electrons. The number of fused-ring (bicyclic) bond motifs is 7. The average molecular weight is 757 g/mol. The normalized spacial score (nSPS) is 49.7. The maximum atomic E-state index is 13.8. The maximum absolute atomic E-state index is 13.8. The summed E-state index contributed by atoms with van der Waals surface area (Å²) in [4.78, 5) is 13.8.